The van der Waals surface area contributed by atoms with Gasteiger partial charge in [0.1, 0.15) is 0 Å². The van der Waals surface area contributed by atoms with Crippen LogP contribution in [0.15, 0.2) is 0 Å². The maximum Gasteiger partial charge on any atom is -0.00369 e. The summed E-state index contributed by atoms with van der Waals surface area (Å²) in [4.78, 5) is 0. The highest BCUT2D eigenvalue weighted by Crippen LogP contribution is 1.97. The maximum atomic E-state index is 5.41. The molecule has 0 aliphatic heterocycles. The highest BCUT2D eigenvalue weighted by molar-refractivity contribution is 5.86. The molecule has 0 aromatic heterocycles. The summed E-state index contributed by atoms with van der Waals surface area (Å²) in [7, 11) is 0. The molecule has 0 saturated heterocycles. The summed E-state index contributed by atoms with van der Waals surface area (Å²) in [5, 5.41) is 6.90. The summed E-state index contributed by atoms with van der Waals surface area (Å²) in [6, 6.07) is 0. The molecule has 0 aromatic carbocycles. The highest BCUT2D eigenvalue weighted by atomic mass is 35.5. The highest BCUT2D eigenvalue weighted by Gasteiger charge is 1.90. The molecule has 19 heavy (non-hydrogen) atoms. The molecular formula is C13H34Cl3N3. The Kier molecular flexibility index (Phi) is 40.0. The molecule has 6 heteroatoms. The third kappa shape index (κ3) is 27.8. The zero-order chi connectivity index (χ0) is 11.9. The Morgan fingerprint density at radius 2 is 1.05 bits per heavy atom. The van der Waals surface area contributed by atoms with Crippen LogP contribution in [0.2, 0.25) is 0 Å². The van der Waals surface area contributed by atoms with E-state index in [1.165, 1.54) is 51.6 Å². The molecule has 0 rings (SSSR count). The second kappa shape index (κ2) is 27.2. The van der Waals surface area contributed by atoms with Crippen LogP contribution in [0.4, 0.5) is 0 Å². The van der Waals surface area contributed by atoms with Crippen LogP contribution in [-0.4, -0.2) is 32.7 Å². The summed E-state index contributed by atoms with van der Waals surface area (Å²) in [6.07, 6.45) is 9.07. The van der Waals surface area contributed by atoms with Crippen LogP contribution in [0.3, 0.4) is 0 Å². The summed E-state index contributed by atoms with van der Waals surface area (Å²) in [5.74, 6) is 0. The second-order valence-electron chi connectivity index (χ2n) is 4.41. The zero-order valence-corrected chi connectivity index (χ0v) is 14.7. The first-order valence-electron chi connectivity index (χ1n) is 7.03. The van der Waals surface area contributed by atoms with E-state index in [4.69, 9.17) is 5.73 Å². The molecule has 0 aromatic rings. The molecule has 0 radical (unpaired) electrons. The van der Waals surface area contributed by atoms with Crippen molar-refractivity contribution < 1.29 is 0 Å². The maximum absolute atomic E-state index is 5.41. The van der Waals surface area contributed by atoms with Crippen LogP contribution in [-0.2, 0) is 0 Å². The van der Waals surface area contributed by atoms with Gasteiger partial charge >= 0.3 is 0 Å². The largest absolute Gasteiger partial charge is 0.330 e. The van der Waals surface area contributed by atoms with Crippen molar-refractivity contribution in [2.45, 2.75) is 51.9 Å². The standard InChI is InChI=1S/C13H31N3.3ClH/c1-2-3-4-5-10-15-11-6-7-12-16-13-8-9-14;;;/h15-16H,2-14H2,1H3;3*1H. The molecule has 0 saturated carbocycles. The van der Waals surface area contributed by atoms with E-state index in [1.54, 1.807) is 0 Å². The molecular weight excluding hydrogens is 305 g/mol. The van der Waals surface area contributed by atoms with Gasteiger partial charge in [0, 0.05) is 0 Å². The fourth-order valence-electron chi connectivity index (χ4n) is 1.65. The van der Waals surface area contributed by atoms with Gasteiger partial charge in [-0.1, -0.05) is 26.2 Å². The number of nitrogens with one attached hydrogen (secondary N) is 2. The van der Waals surface area contributed by atoms with Gasteiger partial charge in [-0.05, 0) is 58.4 Å². The molecule has 0 amide bonds. The fourth-order valence-corrected chi connectivity index (χ4v) is 1.65. The molecule has 0 aliphatic carbocycles. The Morgan fingerprint density at radius 1 is 0.632 bits per heavy atom. The van der Waals surface area contributed by atoms with Crippen molar-refractivity contribution in [3.8, 4) is 0 Å². The molecule has 3 nitrogen and oxygen atoms in total. The number of hydrogen-bond donors (Lipinski definition) is 3. The topological polar surface area (TPSA) is 50.1 Å². The molecule has 0 heterocycles. The van der Waals surface area contributed by atoms with Gasteiger partial charge in [-0.2, -0.15) is 0 Å². The first kappa shape index (κ1) is 28.0. The van der Waals surface area contributed by atoms with Crippen LogP contribution in [0.1, 0.15) is 51.9 Å². The van der Waals surface area contributed by atoms with Crippen LogP contribution in [0, 0.1) is 0 Å². The molecule has 4 N–H and O–H groups in total. The summed E-state index contributed by atoms with van der Waals surface area (Å²) in [6.45, 7) is 7.63. The Labute approximate surface area is 138 Å². The van der Waals surface area contributed by atoms with Gasteiger partial charge in [0.2, 0.25) is 0 Å². The Balaban J connectivity index is -0.000000375. The van der Waals surface area contributed by atoms with Crippen LogP contribution in [0.5, 0.6) is 0 Å². The van der Waals surface area contributed by atoms with Gasteiger partial charge in [-0.3, -0.25) is 0 Å². The van der Waals surface area contributed by atoms with E-state index in [2.05, 4.69) is 17.6 Å². The van der Waals surface area contributed by atoms with Crippen molar-refractivity contribution in [2.24, 2.45) is 5.73 Å². The molecule has 0 fully saturated rings. The molecule has 0 spiro atoms. The van der Waals surface area contributed by atoms with Crippen molar-refractivity contribution >= 4 is 37.2 Å². The first-order chi connectivity index (χ1) is 7.91. The van der Waals surface area contributed by atoms with Crippen molar-refractivity contribution in [3.63, 3.8) is 0 Å². The van der Waals surface area contributed by atoms with E-state index < -0.39 is 0 Å². The average molecular weight is 339 g/mol. The molecule has 0 unspecified atom stereocenters. The predicted molar refractivity (Wildman–Crippen MR) is 94.5 cm³/mol. The number of hydrogen-bond acceptors (Lipinski definition) is 3. The normalized spacial score (nSPS) is 9.16. The van der Waals surface area contributed by atoms with E-state index >= 15 is 0 Å². The molecule has 0 atom stereocenters. The lowest BCUT2D eigenvalue weighted by molar-refractivity contribution is 0.555. The van der Waals surface area contributed by atoms with Crippen LogP contribution in [0.25, 0.3) is 0 Å². The fraction of sp³-hybridized carbons (Fsp3) is 1.00. The number of rotatable bonds is 13. The minimum atomic E-state index is 0. The Morgan fingerprint density at radius 3 is 1.47 bits per heavy atom. The zero-order valence-electron chi connectivity index (χ0n) is 12.3. The first-order valence-corrected chi connectivity index (χ1v) is 7.03. The van der Waals surface area contributed by atoms with Crippen molar-refractivity contribution in [2.75, 3.05) is 32.7 Å². The molecule has 0 aliphatic rings. The molecule has 122 valence electrons. The quantitative estimate of drug-likeness (QED) is 0.452. The number of halogens is 3. The minimum Gasteiger partial charge on any atom is -0.330 e. The second-order valence-corrected chi connectivity index (χ2v) is 4.41. The lowest BCUT2D eigenvalue weighted by Crippen LogP contribution is -2.21. The van der Waals surface area contributed by atoms with Gasteiger partial charge in [0.15, 0.2) is 0 Å². The number of unbranched alkanes of at least 4 members (excludes halogenated alkanes) is 4. The lowest BCUT2D eigenvalue weighted by Gasteiger charge is -2.05. The number of nitrogens with two attached hydrogens (primary N) is 1. The van der Waals surface area contributed by atoms with Gasteiger partial charge in [-0.15, -0.1) is 37.2 Å². The summed E-state index contributed by atoms with van der Waals surface area (Å²) >= 11 is 0. The van der Waals surface area contributed by atoms with E-state index in [0.29, 0.717) is 0 Å². The van der Waals surface area contributed by atoms with Crippen molar-refractivity contribution in [1.29, 1.82) is 0 Å². The van der Waals surface area contributed by atoms with Gasteiger partial charge in [0.25, 0.3) is 0 Å². The van der Waals surface area contributed by atoms with E-state index in [0.717, 1.165) is 26.1 Å². The van der Waals surface area contributed by atoms with Crippen molar-refractivity contribution in [1.82, 2.24) is 10.6 Å². The average Bonchev–Trinajstić information content (AvgIpc) is 2.31. The lowest BCUT2D eigenvalue weighted by atomic mass is 10.2. The van der Waals surface area contributed by atoms with Crippen molar-refractivity contribution in [3.05, 3.63) is 0 Å². The Bertz CT molecular complexity index is 116. The third-order valence-electron chi connectivity index (χ3n) is 2.72. The van der Waals surface area contributed by atoms with E-state index in [9.17, 15) is 0 Å². The smallest absolute Gasteiger partial charge is 0.00369 e. The van der Waals surface area contributed by atoms with Gasteiger partial charge in [-0.25, -0.2) is 0 Å². The Hall–Kier alpha value is 0.750. The monoisotopic (exact) mass is 337 g/mol. The van der Waals surface area contributed by atoms with Gasteiger partial charge < -0.3 is 16.4 Å². The summed E-state index contributed by atoms with van der Waals surface area (Å²) in [5.41, 5.74) is 5.41. The van der Waals surface area contributed by atoms with Crippen LogP contribution >= 0.6 is 37.2 Å². The van der Waals surface area contributed by atoms with Crippen LogP contribution < -0.4 is 16.4 Å². The molecule has 0 bridgehead atoms. The minimum absolute atomic E-state index is 0. The van der Waals surface area contributed by atoms with E-state index in [1.807, 2.05) is 0 Å². The van der Waals surface area contributed by atoms with E-state index in [-0.39, 0.29) is 37.2 Å². The predicted octanol–water partition coefficient (Wildman–Crippen LogP) is 3.14. The third-order valence-corrected chi connectivity index (χ3v) is 2.72. The van der Waals surface area contributed by atoms with Gasteiger partial charge in [0.05, 0.1) is 0 Å². The SMILES string of the molecule is CCCCCCNCCCCNCCCN.Cl.Cl.Cl. The summed E-state index contributed by atoms with van der Waals surface area (Å²) < 4.78 is 0.